The zero-order valence-electron chi connectivity index (χ0n) is 14.9. The summed E-state index contributed by atoms with van der Waals surface area (Å²) in [6.07, 6.45) is 1.21. The maximum absolute atomic E-state index is 12.6. The van der Waals surface area contributed by atoms with Gasteiger partial charge in [0, 0.05) is 30.9 Å². The maximum Gasteiger partial charge on any atom is 0.246 e. The first-order valence-corrected chi connectivity index (χ1v) is 10.4. The lowest BCUT2D eigenvalue weighted by molar-refractivity contribution is 0.173. The predicted molar refractivity (Wildman–Crippen MR) is 100.0 cm³/mol. The lowest BCUT2D eigenvalue weighted by Crippen LogP contribution is -2.42. The van der Waals surface area contributed by atoms with E-state index < -0.39 is 10.0 Å². The number of ether oxygens (including phenoxy) is 1. The Morgan fingerprint density at radius 3 is 2.86 bits per heavy atom. The summed E-state index contributed by atoms with van der Waals surface area (Å²) in [5.74, 6) is 0.868. The molecular weight excluding hydrogens is 380 g/mol. The molecule has 0 radical (unpaired) electrons. The van der Waals surface area contributed by atoms with Gasteiger partial charge in [-0.25, -0.2) is 18.1 Å². The van der Waals surface area contributed by atoms with E-state index in [0.717, 1.165) is 17.0 Å². The Kier molecular flexibility index (Phi) is 4.15. The van der Waals surface area contributed by atoms with Gasteiger partial charge in [-0.2, -0.15) is 0 Å². The highest BCUT2D eigenvalue weighted by Gasteiger charge is 2.41. The fraction of sp³-hybridized carbons (Fsp3) is 0.263. The van der Waals surface area contributed by atoms with E-state index >= 15 is 0 Å². The minimum atomic E-state index is -3.66. The van der Waals surface area contributed by atoms with E-state index in [9.17, 15) is 8.42 Å². The van der Waals surface area contributed by atoms with Crippen molar-refractivity contribution >= 4 is 10.0 Å². The van der Waals surface area contributed by atoms with Crippen LogP contribution in [0.5, 0.6) is 5.88 Å². The number of aromatic nitrogens is 2. The van der Waals surface area contributed by atoms with E-state index in [1.807, 2.05) is 36.4 Å². The zero-order valence-corrected chi connectivity index (χ0v) is 15.7. The third kappa shape index (κ3) is 3.17. The molecule has 2 atom stereocenters. The van der Waals surface area contributed by atoms with Crippen LogP contribution in [0.2, 0.25) is 0 Å². The minimum Gasteiger partial charge on any atom is -0.470 e. The van der Waals surface area contributed by atoms with Crippen LogP contribution in [0.4, 0.5) is 0 Å². The number of sulfonamides is 1. The molecular formula is C19H18N4O4S. The van der Waals surface area contributed by atoms with Crippen LogP contribution in [0.25, 0.3) is 11.3 Å². The summed E-state index contributed by atoms with van der Waals surface area (Å²) in [6.45, 7) is 1.59. The van der Waals surface area contributed by atoms with E-state index in [0.29, 0.717) is 19.6 Å². The number of fused-ring (bicyclic) bond motifs is 2. The second-order valence-electron chi connectivity index (χ2n) is 6.93. The SMILES string of the molecule is O=S1(=O)N[C@@H]2CN(Cc3cc(-c4ccccc4)no3)C[C@@H]2Oc2ncccc21. The van der Waals surface area contributed by atoms with Gasteiger partial charge in [0.1, 0.15) is 16.7 Å². The number of nitrogens with one attached hydrogen (secondary N) is 1. The highest BCUT2D eigenvalue weighted by Crippen LogP contribution is 2.29. The van der Waals surface area contributed by atoms with Crippen LogP contribution in [0.15, 0.2) is 64.1 Å². The van der Waals surface area contributed by atoms with Crippen molar-refractivity contribution in [1.29, 1.82) is 0 Å². The van der Waals surface area contributed by atoms with Crippen LogP contribution in [-0.2, 0) is 16.6 Å². The standard InChI is InChI=1S/C19H18N4O4S/c24-28(25)18-7-4-8-20-19(18)26-17-12-23(11-16(17)22-28)10-14-9-15(21-27-14)13-5-2-1-3-6-13/h1-9,16-17,22H,10-12H2/t16-,17+/m1/s1. The average Bonchev–Trinajstić information content (AvgIpc) is 3.28. The number of rotatable bonds is 3. The summed E-state index contributed by atoms with van der Waals surface area (Å²) < 4.78 is 39.3. The molecule has 8 nitrogen and oxygen atoms in total. The van der Waals surface area contributed by atoms with Gasteiger partial charge in [0.25, 0.3) is 0 Å². The van der Waals surface area contributed by atoms with Crippen LogP contribution in [0, 0.1) is 0 Å². The molecule has 3 aromatic rings. The molecule has 2 aromatic heterocycles. The molecule has 1 fully saturated rings. The predicted octanol–water partition coefficient (Wildman–Crippen LogP) is 1.66. The van der Waals surface area contributed by atoms with Gasteiger partial charge >= 0.3 is 0 Å². The van der Waals surface area contributed by atoms with E-state index in [4.69, 9.17) is 9.26 Å². The summed E-state index contributed by atoms with van der Waals surface area (Å²) in [6, 6.07) is 14.5. The van der Waals surface area contributed by atoms with Gasteiger partial charge in [-0.15, -0.1) is 0 Å². The molecule has 28 heavy (non-hydrogen) atoms. The van der Waals surface area contributed by atoms with E-state index in [-0.39, 0.29) is 22.9 Å². The van der Waals surface area contributed by atoms with E-state index in [2.05, 4.69) is 19.8 Å². The van der Waals surface area contributed by atoms with Crippen molar-refractivity contribution in [2.75, 3.05) is 13.1 Å². The number of hydrogen-bond donors (Lipinski definition) is 1. The van der Waals surface area contributed by atoms with Crippen LogP contribution in [-0.4, -0.2) is 48.7 Å². The van der Waals surface area contributed by atoms with Gasteiger partial charge in [-0.1, -0.05) is 35.5 Å². The van der Waals surface area contributed by atoms with E-state index in [1.54, 1.807) is 6.07 Å². The molecule has 144 valence electrons. The van der Waals surface area contributed by atoms with Crippen molar-refractivity contribution in [3.05, 3.63) is 60.5 Å². The first-order valence-electron chi connectivity index (χ1n) is 8.96. The molecule has 0 aliphatic carbocycles. The lowest BCUT2D eigenvalue weighted by Gasteiger charge is -2.15. The zero-order chi connectivity index (χ0) is 19.1. The Labute approximate surface area is 162 Å². The van der Waals surface area contributed by atoms with Gasteiger partial charge in [-0.05, 0) is 12.1 Å². The van der Waals surface area contributed by atoms with Crippen LogP contribution >= 0.6 is 0 Å². The quantitative estimate of drug-likeness (QED) is 0.716. The third-order valence-electron chi connectivity index (χ3n) is 4.95. The normalized spacial score (nSPS) is 23.4. The third-order valence-corrected chi connectivity index (χ3v) is 6.45. The second kappa shape index (κ2) is 6.69. The van der Waals surface area contributed by atoms with E-state index in [1.165, 1.54) is 12.3 Å². The molecule has 2 aliphatic rings. The van der Waals surface area contributed by atoms with Crippen LogP contribution in [0.1, 0.15) is 5.76 Å². The van der Waals surface area contributed by atoms with Crippen molar-refractivity contribution in [1.82, 2.24) is 19.8 Å². The largest absolute Gasteiger partial charge is 0.470 e. The minimum absolute atomic E-state index is 0.0821. The van der Waals surface area contributed by atoms with Crippen molar-refractivity contribution in [3.8, 4) is 17.1 Å². The second-order valence-corrected chi connectivity index (χ2v) is 8.61. The summed E-state index contributed by atoms with van der Waals surface area (Å²) in [4.78, 5) is 6.26. The van der Waals surface area contributed by atoms with Crippen molar-refractivity contribution in [2.45, 2.75) is 23.6 Å². The molecule has 1 N–H and O–H groups in total. The van der Waals surface area contributed by atoms with Gasteiger partial charge in [-0.3, -0.25) is 4.90 Å². The van der Waals surface area contributed by atoms with Crippen molar-refractivity contribution < 1.29 is 17.7 Å². The Hall–Kier alpha value is -2.75. The van der Waals surface area contributed by atoms with Crippen LogP contribution < -0.4 is 9.46 Å². The van der Waals surface area contributed by atoms with Gasteiger partial charge in [0.2, 0.25) is 15.9 Å². The first-order chi connectivity index (χ1) is 13.6. The molecule has 9 heteroatoms. The molecule has 0 spiro atoms. The molecule has 2 aliphatic heterocycles. The number of nitrogens with zero attached hydrogens (tertiary/aromatic N) is 3. The van der Waals surface area contributed by atoms with Crippen molar-refractivity contribution in [2.24, 2.45) is 0 Å². The molecule has 1 aromatic carbocycles. The monoisotopic (exact) mass is 398 g/mol. The smallest absolute Gasteiger partial charge is 0.246 e. The van der Waals surface area contributed by atoms with Gasteiger partial charge in [0.05, 0.1) is 12.6 Å². The maximum atomic E-state index is 12.6. The Morgan fingerprint density at radius 1 is 1.14 bits per heavy atom. The summed E-state index contributed by atoms with van der Waals surface area (Å²) in [5.41, 5.74) is 1.77. The van der Waals surface area contributed by atoms with Gasteiger partial charge in [0.15, 0.2) is 5.76 Å². The molecule has 0 saturated carbocycles. The molecule has 5 rings (SSSR count). The molecule has 0 unspecified atom stereocenters. The van der Waals surface area contributed by atoms with Gasteiger partial charge < -0.3 is 9.26 Å². The Morgan fingerprint density at radius 2 is 2.00 bits per heavy atom. The highest BCUT2D eigenvalue weighted by molar-refractivity contribution is 7.89. The highest BCUT2D eigenvalue weighted by atomic mass is 32.2. The Balaban J connectivity index is 1.33. The van der Waals surface area contributed by atoms with Crippen molar-refractivity contribution in [3.63, 3.8) is 0 Å². The topological polar surface area (TPSA) is 97.6 Å². The summed E-state index contributed by atoms with van der Waals surface area (Å²) in [7, 11) is -3.66. The molecule has 0 bridgehead atoms. The summed E-state index contributed by atoms with van der Waals surface area (Å²) >= 11 is 0. The number of benzene rings is 1. The molecule has 4 heterocycles. The lowest BCUT2D eigenvalue weighted by atomic mass is 10.1. The fourth-order valence-corrected chi connectivity index (χ4v) is 4.98. The average molecular weight is 398 g/mol. The number of likely N-dealkylation sites (tertiary alicyclic amines) is 1. The summed E-state index contributed by atoms with van der Waals surface area (Å²) in [5, 5.41) is 4.13. The number of hydrogen-bond acceptors (Lipinski definition) is 7. The molecule has 1 saturated heterocycles. The molecule has 0 amide bonds. The Bertz CT molecular complexity index is 1100. The van der Waals surface area contributed by atoms with Crippen LogP contribution in [0.3, 0.4) is 0 Å². The fourth-order valence-electron chi connectivity index (χ4n) is 3.64. The first kappa shape index (κ1) is 17.4. The number of pyridine rings is 1.